The Morgan fingerprint density at radius 3 is 1.64 bits per heavy atom. The van der Waals surface area contributed by atoms with Gasteiger partial charge in [0.2, 0.25) is 0 Å². The van der Waals surface area contributed by atoms with Crippen molar-refractivity contribution >= 4 is 21.6 Å². The molecule has 2 heteroatoms. The second kappa shape index (κ2) is 8.38. The summed E-state index contributed by atoms with van der Waals surface area (Å²) in [4.78, 5) is 0. The van der Waals surface area contributed by atoms with Crippen molar-refractivity contribution in [1.82, 2.24) is 0 Å². The van der Waals surface area contributed by atoms with Gasteiger partial charge in [0.15, 0.2) is 0 Å². The summed E-state index contributed by atoms with van der Waals surface area (Å²) < 4.78 is 1.26. The van der Waals surface area contributed by atoms with Crippen molar-refractivity contribution in [3.05, 3.63) is 63.1 Å². The van der Waals surface area contributed by atoms with E-state index in [0.29, 0.717) is 11.8 Å². The lowest BCUT2D eigenvalue weighted by atomic mass is 9.99. The zero-order valence-electron chi connectivity index (χ0n) is 14.6. The maximum atomic E-state index is 5.88. The van der Waals surface area contributed by atoms with Gasteiger partial charge < -0.3 is 5.73 Å². The first kappa shape index (κ1) is 18.8. The third-order valence-electron chi connectivity index (χ3n) is 3.82. The molecule has 0 saturated carbocycles. The summed E-state index contributed by atoms with van der Waals surface area (Å²) in [7, 11) is 0. The second-order valence-electron chi connectivity index (χ2n) is 6.37. The molecule has 120 valence electrons. The van der Waals surface area contributed by atoms with Crippen LogP contribution in [0.5, 0.6) is 0 Å². The topological polar surface area (TPSA) is 26.0 Å². The zero-order valence-corrected chi connectivity index (χ0v) is 16.2. The first-order valence-electron chi connectivity index (χ1n) is 7.85. The Hall–Kier alpha value is -1.28. The maximum Gasteiger partial charge on any atom is 0.0378 e. The molecule has 1 nitrogen and oxygen atoms in total. The van der Waals surface area contributed by atoms with Gasteiger partial charge >= 0.3 is 0 Å². The van der Waals surface area contributed by atoms with Crippen molar-refractivity contribution in [2.45, 2.75) is 53.4 Å². The van der Waals surface area contributed by atoms with Crippen LogP contribution in [-0.2, 0) is 0 Å². The molecule has 0 atom stereocenters. The molecule has 0 unspecified atom stereocenters. The Balaban J connectivity index is 0.000000220. The fraction of sp³-hybridized carbons (Fsp3) is 0.400. The molecule has 0 aromatic heterocycles. The maximum absolute atomic E-state index is 5.88. The molecule has 0 spiro atoms. The first-order chi connectivity index (χ1) is 10.3. The average molecular weight is 362 g/mol. The lowest BCUT2D eigenvalue weighted by molar-refractivity contribution is 0.858. The summed E-state index contributed by atoms with van der Waals surface area (Å²) >= 11 is 3.58. The minimum atomic E-state index is 0.523. The molecule has 2 aromatic rings. The molecule has 0 amide bonds. The fourth-order valence-electron chi connectivity index (χ4n) is 2.32. The summed E-state index contributed by atoms with van der Waals surface area (Å²) in [5.74, 6) is 1.12. The van der Waals surface area contributed by atoms with Crippen LogP contribution in [-0.4, -0.2) is 0 Å². The molecular weight excluding hydrogens is 334 g/mol. The van der Waals surface area contributed by atoms with Crippen LogP contribution in [0, 0.1) is 13.8 Å². The highest BCUT2D eigenvalue weighted by Crippen LogP contribution is 2.27. The smallest absolute Gasteiger partial charge is 0.0378 e. The van der Waals surface area contributed by atoms with Crippen LogP contribution < -0.4 is 5.73 Å². The van der Waals surface area contributed by atoms with E-state index in [4.69, 9.17) is 5.73 Å². The van der Waals surface area contributed by atoms with Crippen LogP contribution in [0.4, 0.5) is 5.69 Å². The standard InChI is InChI=1S/C10H13Br.C10H15N/c2*1-7(2)9-6-4-5-8(3)10(9)11/h4-7H,1-3H3;4-7H,11H2,1-3H3. The summed E-state index contributed by atoms with van der Waals surface area (Å²) in [6, 6.07) is 12.6. The van der Waals surface area contributed by atoms with Gasteiger partial charge in [0.25, 0.3) is 0 Å². The predicted molar refractivity (Wildman–Crippen MR) is 103 cm³/mol. The van der Waals surface area contributed by atoms with Crippen LogP contribution >= 0.6 is 15.9 Å². The van der Waals surface area contributed by atoms with Crippen LogP contribution in [0.15, 0.2) is 40.9 Å². The molecule has 0 aliphatic heterocycles. The van der Waals surface area contributed by atoms with Crippen molar-refractivity contribution in [2.24, 2.45) is 0 Å². The third kappa shape index (κ3) is 4.88. The zero-order chi connectivity index (χ0) is 16.9. The SMILES string of the molecule is Cc1cccc(C(C)C)c1Br.Cc1cccc(C(C)C)c1N. The minimum absolute atomic E-state index is 0.523. The van der Waals surface area contributed by atoms with Crippen LogP contribution in [0.2, 0.25) is 0 Å². The van der Waals surface area contributed by atoms with Gasteiger partial charge in [-0.25, -0.2) is 0 Å². The van der Waals surface area contributed by atoms with Gasteiger partial charge in [-0.3, -0.25) is 0 Å². The molecule has 0 aliphatic rings. The van der Waals surface area contributed by atoms with Crippen LogP contribution in [0.1, 0.15) is 61.8 Å². The Bertz CT molecular complexity index is 560. The molecule has 0 bridgehead atoms. The van der Waals surface area contributed by atoms with Crippen molar-refractivity contribution in [3.63, 3.8) is 0 Å². The molecule has 22 heavy (non-hydrogen) atoms. The number of rotatable bonds is 2. The Morgan fingerprint density at radius 2 is 1.23 bits per heavy atom. The molecule has 2 aromatic carbocycles. The van der Waals surface area contributed by atoms with Crippen molar-refractivity contribution in [1.29, 1.82) is 0 Å². The van der Waals surface area contributed by atoms with Gasteiger partial charge in [0.1, 0.15) is 0 Å². The molecule has 0 heterocycles. The van der Waals surface area contributed by atoms with Gasteiger partial charge in [-0.2, -0.15) is 0 Å². The van der Waals surface area contributed by atoms with Gasteiger partial charge in [0.05, 0.1) is 0 Å². The molecule has 2 N–H and O–H groups in total. The third-order valence-corrected chi connectivity index (χ3v) is 4.91. The van der Waals surface area contributed by atoms with Crippen molar-refractivity contribution in [2.75, 3.05) is 5.73 Å². The lowest BCUT2D eigenvalue weighted by Gasteiger charge is -2.10. The number of hydrogen-bond donors (Lipinski definition) is 1. The second-order valence-corrected chi connectivity index (χ2v) is 7.16. The summed E-state index contributed by atoms with van der Waals surface area (Å²) in [6.45, 7) is 12.9. The average Bonchev–Trinajstić information content (AvgIpc) is 2.45. The highest BCUT2D eigenvalue weighted by Gasteiger charge is 2.05. The number of hydrogen-bond acceptors (Lipinski definition) is 1. The van der Waals surface area contributed by atoms with E-state index in [9.17, 15) is 0 Å². The molecule has 2 rings (SSSR count). The van der Waals surface area contributed by atoms with Crippen molar-refractivity contribution in [3.8, 4) is 0 Å². The molecule has 0 radical (unpaired) electrons. The summed E-state index contributed by atoms with van der Waals surface area (Å²) in [5.41, 5.74) is 12.0. The van der Waals surface area contributed by atoms with Crippen LogP contribution in [0.25, 0.3) is 0 Å². The number of benzene rings is 2. The first-order valence-corrected chi connectivity index (χ1v) is 8.65. The highest BCUT2D eigenvalue weighted by molar-refractivity contribution is 9.10. The van der Waals surface area contributed by atoms with Gasteiger partial charge in [-0.15, -0.1) is 0 Å². The van der Waals surface area contributed by atoms with Gasteiger partial charge in [-0.1, -0.05) is 80.0 Å². The summed E-state index contributed by atoms with van der Waals surface area (Å²) in [5, 5.41) is 0. The Kier molecular flexibility index (Phi) is 7.15. The largest absolute Gasteiger partial charge is 0.398 e. The Morgan fingerprint density at radius 1 is 0.773 bits per heavy atom. The highest BCUT2D eigenvalue weighted by atomic mass is 79.9. The molecule has 0 fully saturated rings. The number of nitrogens with two attached hydrogens (primary N) is 1. The fourth-order valence-corrected chi connectivity index (χ4v) is 3.04. The van der Waals surface area contributed by atoms with E-state index in [1.807, 2.05) is 13.0 Å². The number of anilines is 1. The quantitative estimate of drug-likeness (QED) is 0.600. The number of aryl methyl sites for hydroxylation is 2. The monoisotopic (exact) mass is 361 g/mol. The van der Waals surface area contributed by atoms with E-state index < -0.39 is 0 Å². The molecule has 0 saturated heterocycles. The summed E-state index contributed by atoms with van der Waals surface area (Å²) in [6.07, 6.45) is 0. The lowest BCUT2D eigenvalue weighted by Crippen LogP contribution is -1.98. The number of nitrogen functional groups attached to an aromatic ring is 1. The van der Waals surface area contributed by atoms with E-state index >= 15 is 0 Å². The predicted octanol–water partition coefficient (Wildman–Crippen LogP) is 6.58. The van der Waals surface area contributed by atoms with E-state index in [1.165, 1.54) is 26.7 Å². The van der Waals surface area contributed by atoms with Gasteiger partial charge in [0, 0.05) is 10.2 Å². The molecule has 0 aliphatic carbocycles. The van der Waals surface area contributed by atoms with Gasteiger partial charge in [-0.05, 0) is 47.9 Å². The minimum Gasteiger partial charge on any atom is -0.398 e. The van der Waals surface area contributed by atoms with E-state index in [-0.39, 0.29) is 0 Å². The van der Waals surface area contributed by atoms with Crippen molar-refractivity contribution < 1.29 is 0 Å². The van der Waals surface area contributed by atoms with Crippen LogP contribution in [0.3, 0.4) is 0 Å². The Labute approximate surface area is 144 Å². The molecular formula is C20H28BrN. The van der Waals surface area contributed by atoms with E-state index in [1.54, 1.807) is 0 Å². The number of halogens is 1. The normalized spacial score (nSPS) is 10.6. The van der Waals surface area contributed by atoms with E-state index in [2.05, 4.69) is 80.9 Å². The van der Waals surface area contributed by atoms with E-state index in [0.717, 1.165) is 5.69 Å². The number of para-hydroxylation sites is 1.